The van der Waals surface area contributed by atoms with Gasteiger partial charge < -0.3 is 0 Å². The van der Waals surface area contributed by atoms with Gasteiger partial charge in [-0.1, -0.05) is 158 Å². The van der Waals surface area contributed by atoms with Crippen LogP contribution in [0.3, 0.4) is 0 Å². The van der Waals surface area contributed by atoms with Gasteiger partial charge in [-0.3, -0.25) is 0 Å². The third kappa shape index (κ3) is 4.63. The second-order valence-electron chi connectivity index (χ2n) is 11.0. The summed E-state index contributed by atoms with van der Waals surface area (Å²) in [5.74, 6) is 0.710. The van der Waals surface area contributed by atoms with Gasteiger partial charge in [0.1, 0.15) is 0 Å². The van der Waals surface area contributed by atoms with Crippen molar-refractivity contribution in [3.8, 4) is 56.2 Å². The third-order valence-corrected chi connectivity index (χ3v) is 8.27. The third-order valence-electron chi connectivity index (χ3n) is 8.27. The molecular weight excluding hydrogens is 532 g/mol. The van der Waals surface area contributed by atoms with Crippen molar-refractivity contribution in [2.45, 2.75) is 0 Å². The maximum absolute atomic E-state index is 5.10. The van der Waals surface area contributed by atoms with Crippen LogP contribution in [-0.4, -0.2) is 9.97 Å². The molecule has 7 aromatic carbocycles. The maximum Gasteiger partial charge on any atom is 0.160 e. The first-order chi connectivity index (χ1) is 21.8. The Kier molecular flexibility index (Phi) is 6.51. The molecule has 1 heterocycles. The van der Waals surface area contributed by atoms with Crippen molar-refractivity contribution in [1.82, 2.24) is 9.97 Å². The molecule has 206 valence electrons. The maximum atomic E-state index is 5.10. The molecule has 0 aliphatic carbocycles. The normalized spacial score (nSPS) is 11.2. The minimum atomic E-state index is 0.710. The zero-order valence-electron chi connectivity index (χ0n) is 24.1. The number of aromatic nitrogens is 2. The molecule has 0 radical (unpaired) electrons. The Morgan fingerprint density at radius 3 is 1.11 bits per heavy atom. The van der Waals surface area contributed by atoms with E-state index in [-0.39, 0.29) is 0 Å². The van der Waals surface area contributed by atoms with Gasteiger partial charge in [0.15, 0.2) is 5.82 Å². The molecule has 0 saturated heterocycles. The van der Waals surface area contributed by atoms with Gasteiger partial charge in [-0.15, -0.1) is 0 Å². The van der Waals surface area contributed by atoms with Crippen LogP contribution in [0.15, 0.2) is 170 Å². The summed E-state index contributed by atoms with van der Waals surface area (Å²) in [6.45, 7) is 0. The molecule has 44 heavy (non-hydrogen) atoms. The van der Waals surface area contributed by atoms with Crippen LogP contribution in [0.4, 0.5) is 0 Å². The molecule has 0 aliphatic rings. The second-order valence-corrected chi connectivity index (χ2v) is 11.0. The standard InChI is InChI=1S/C42H28N2/c1-4-15-29(16-5-1)38-28-39(30-17-6-2-7-18-30)44-42(43-38)33-22-14-21-32(27-33)41-36-25-12-10-23-34(36)40(31-19-8-3-9-20-31)35-24-11-13-26-37(35)41/h1-28H. The fourth-order valence-corrected chi connectivity index (χ4v) is 6.26. The van der Waals surface area contributed by atoms with E-state index in [1.807, 2.05) is 12.1 Å². The molecule has 0 unspecified atom stereocenters. The van der Waals surface area contributed by atoms with Crippen LogP contribution in [0.5, 0.6) is 0 Å². The van der Waals surface area contributed by atoms with Crippen LogP contribution in [-0.2, 0) is 0 Å². The predicted molar refractivity (Wildman–Crippen MR) is 184 cm³/mol. The van der Waals surface area contributed by atoms with Crippen molar-refractivity contribution in [1.29, 1.82) is 0 Å². The first-order valence-electron chi connectivity index (χ1n) is 14.9. The lowest BCUT2D eigenvalue weighted by Gasteiger charge is -2.18. The predicted octanol–water partition coefficient (Wildman–Crippen LogP) is 11.1. The SMILES string of the molecule is c1ccc(-c2cc(-c3ccccc3)nc(-c3cccc(-c4c5ccccc5c(-c5ccccc5)c5ccccc45)c3)n2)cc1. The molecule has 0 saturated carbocycles. The number of rotatable bonds is 5. The Bertz CT molecular complexity index is 2140. The van der Waals surface area contributed by atoms with Crippen molar-refractivity contribution < 1.29 is 0 Å². The van der Waals surface area contributed by atoms with Crippen LogP contribution < -0.4 is 0 Å². The van der Waals surface area contributed by atoms with Gasteiger partial charge >= 0.3 is 0 Å². The monoisotopic (exact) mass is 560 g/mol. The first kappa shape index (κ1) is 25.8. The summed E-state index contributed by atoms with van der Waals surface area (Å²) in [6.07, 6.45) is 0. The Morgan fingerprint density at radius 2 is 0.636 bits per heavy atom. The molecule has 8 rings (SSSR count). The Morgan fingerprint density at radius 1 is 0.273 bits per heavy atom. The van der Waals surface area contributed by atoms with Crippen molar-refractivity contribution in [2.75, 3.05) is 0 Å². The molecule has 1 aromatic heterocycles. The molecule has 0 N–H and O–H groups in total. The van der Waals surface area contributed by atoms with Gasteiger partial charge in [-0.25, -0.2) is 9.97 Å². The van der Waals surface area contributed by atoms with Crippen molar-refractivity contribution >= 4 is 21.5 Å². The minimum absolute atomic E-state index is 0.710. The van der Waals surface area contributed by atoms with Crippen LogP contribution >= 0.6 is 0 Å². The van der Waals surface area contributed by atoms with Crippen molar-refractivity contribution in [2.24, 2.45) is 0 Å². The molecule has 0 bridgehead atoms. The molecule has 8 aromatic rings. The number of nitrogens with zero attached hydrogens (tertiary/aromatic N) is 2. The van der Waals surface area contributed by atoms with Gasteiger partial charge in [-0.2, -0.15) is 0 Å². The van der Waals surface area contributed by atoms with Gasteiger partial charge in [0.05, 0.1) is 11.4 Å². The van der Waals surface area contributed by atoms with Crippen molar-refractivity contribution in [3.05, 3.63) is 170 Å². The highest BCUT2D eigenvalue weighted by Gasteiger charge is 2.17. The first-order valence-corrected chi connectivity index (χ1v) is 14.9. The summed E-state index contributed by atoms with van der Waals surface area (Å²) >= 11 is 0. The van der Waals surface area contributed by atoms with E-state index in [4.69, 9.17) is 9.97 Å². The lowest BCUT2D eigenvalue weighted by Crippen LogP contribution is -1.96. The number of hydrogen-bond donors (Lipinski definition) is 0. The van der Waals surface area contributed by atoms with Gasteiger partial charge in [-0.05, 0) is 55.9 Å². The summed E-state index contributed by atoms with van der Waals surface area (Å²) in [6, 6.07) is 59.7. The average molecular weight is 561 g/mol. The van der Waals surface area contributed by atoms with Crippen LogP contribution in [0, 0.1) is 0 Å². The summed E-state index contributed by atoms with van der Waals surface area (Å²) in [4.78, 5) is 10.2. The molecular formula is C42H28N2. The zero-order valence-corrected chi connectivity index (χ0v) is 24.1. The second kappa shape index (κ2) is 11.1. The fraction of sp³-hybridized carbons (Fsp3) is 0. The zero-order chi connectivity index (χ0) is 29.3. The van der Waals surface area contributed by atoms with E-state index in [9.17, 15) is 0 Å². The van der Waals surface area contributed by atoms with E-state index in [0.29, 0.717) is 5.82 Å². The summed E-state index contributed by atoms with van der Waals surface area (Å²) in [5.41, 5.74) is 9.78. The summed E-state index contributed by atoms with van der Waals surface area (Å²) in [5, 5.41) is 4.94. The van der Waals surface area contributed by atoms with Crippen molar-refractivity contribution in [3.63, 3.8) is 0 Å². The van der Waals surface area contributed by atoms with Crippen LogP contribution in [0.1, 0.15) is 0 Å². The summed E-state index contributed by atoms with van der Waals surface area (Å²) in [7, 11) is 0. The molecule has 0 aliphatic heterocycles. The smallest absolute Gasteiger partial charge is 0.160 e. The Labute approximate surface area is 257 Å². The Balaban J connectivity index is 1.36. The van der Waals surface area contributed by atoms with E-state index in [0.717, 1.165) is 33.6 Å². The number of benzene rings is 7. The van der Waals surface area contributed by atoms with E-state index >= 15 is 0 Å². The van der Waals surface area contributed by atoms with E-state index in [2.05, 4.69) is 158 Å². The molecule has 0 fully saturated rings. The quantitative estimate of drug-likeness (QED) is 0.196. The van der Waals surface area contributed by atoms with E-state index < -0.39 is 0 Å². The molecule has 2 nitrogen and oxygen atoms in total. The number of fused-ring (bicyclic) bond motifs is 2. The Hall–Kier alpha value is -5.86. The molecule has 0 spiro atoms. The largest absolute Gasteiger partial charge is 0.228 e. The molecule has 2 heteroatoms. The van der Waals surface area contributed by atoms with E-state index in [1.54, 1.807) is 0 Å². The lowest BCUT2D eigenvalue weighted by molar-refractivity contribution is 1.18. The highest BCUT2D eigenvalue weighted by molar-refractivity contribution is 6.21. The minimum Gasteiger partial charge on any atom is -0.228 e. The van der Waals surface area contributed by atoms with Crippen LogP contribution in [0.2, 0.25) is 0 Å². The van der Waals surface area contributed by atoms with E-state index in [1.165, 1.54) is 38.2 Å². The average Bonchev–Trinajstić information content (AvgIpc) is 3.11. The fourth-order valence-electron chi connectivity index (χ4n) is 6.26. The lowest BCUT2D eigenvalue weighted by atomic mass is 9.85. The summed E-state index contributed by atoms with van der Waals surface area (Å²) < 4.78 is 0. The van der Waals surface area contributed by atoms with Gasteiger partial charge in [0, 0.05) is 16.7 Å². The van der Waals surface area contributed by atoms with Gasteiger partial charge in [0.2, 0.25) is 0 Å². The topological polar surface area (TPSA) is 25.8 Å². The van der Waals surface area contributed by atoms with Crippen LogP contribution in [0.25, 0.3) is 77.7 Å². The molecule has 0 amide bonds. The highest BCUT2D eigenvalue weighted by atomic mass is 14.9. The highest BCUT2D eigenvalue weighted by Crippen LogP contribution is 2.44. The number of hydrogen-bond acceptors (Lipinski definition) is 2. The van der Waals surface area contributed by atoms with Gasteiger partial charge in [0.25, 0.3) is 0 Å². The molecule has 0 atom stereocenters.